The van der Waals surface area contributed by atoms with Crippen molar-refractivity contribution in [1.29, 1.82) is 0 Å². The molecule has 0 radical (unpaired) electrons. The number of carbonyl (C=O) groups is 2. The summed E-state index contributed by atoms with van der Waals surface area (Å²) in [6, 6.07) is 16.0. The Bertz CT molecular complexity index is 1300. The topological polar surface area (TPSA) is 92.8 Å². The minimum atomic E-state index is -3.65. The lowest BCUT2D eigenvalue weighted by Crippen LogP contribution is -2.30. The summed E-state index contributed by atoms with van der Waals surface area (Å²) in [5.74, 6) is -0.776. The second-order valence-corrected chi connectivity index (χ2v) is 10.0. The number of benzene rings is 3. The first-order valence-corrected chi connectivity index (χ1v) is 11.8. The average molecular weight is 485 g/mol. The van der Waals surface area contributed by atoms with Crippen LogP contribution in [-0.4, -0.2) is 44.6 Å². The zero-order valence-corrected chi connectivity index (χ0v) is 20.0. The van der Waals surface area contributed by atoms with Crippen LogP contribution in [0.3, 0.4) is 0 Å². The summed E-state index contributed by atoms with van der Waals surface area (Å²) < 4.78 is 44.6. The van der Waals surface area contributed by atoms with Crippen LogP contribution in [-0.2, 0) is 14.8 Å². The van der Waals surface area contributed by atoms with Crippen molar-refractivity contribution >= 4 is 27.4 Å². The van der Waals surface area contributed by atoms with Gasteiger partial charge in [-0.25, -0.2) is 17.1 Å². The number of nitrogens with one attached hydrogen (secondary N) is 1. The molecule has 0 fully saturated rings. The number of hydrogen-bond donors (Lipinski definition) is 1. The van der Waals surface area contributed by atoms with Gasteiger partial charge in [0, 0.05) is 30.9 Å². The van der Waals surface area contributed by atoms with Gasteiger partial charge in [0.05, 0.1) is 4.90 Å². The van der Waals surface area contributed by atoms with Gasteiger partial charge in [-0.05, 0) is 80.1 Å². The Hall–Kier alpha value is -3.56. The van der Waals surface area contributed by atoms with Crippen LogP contribution >= 0.6 is 0 Å². The first-order valence-electron chi connectivity index (χ1n) is 10.4. The van der Waals surface area contributed by atoms with Gasteiger partial charge in [-0.3, -0.25) is 9.59 Å². The van der Waals surface area contributed by atoms with E-state index in [9.17, 15) is 22.4 Å². The molecule has 0 aromatic heterocycles. The Kier molecular flexibility index (Phi) is 7.48. The molecule has 0 aliphatic heterocycles. The highest BCUT2D eigenvalue weighted by molar-refractivity contribution is 7.89. The highest BCUT2D eigenvalue weighted by atomic mass is 32.2. The number of nitrogens with zero attached hydrogens (tertiary/aromatic N) is 1. The number of amides is 1. The van der Waals surface area contributed by atoms with Gasteiger partial charge in [0.25, 0.3) is 5.91 Å². The van der Waals surface area contributed by atoms with Crippen LogP contribution in [0.2, 0.25) is 0 Å². The summed E-state index contributed by atoms with van der Waals surface area (Å²) in [4.78, 5) is 25.2. The second kappa shape index (κ2) is 10.1. The van der Waals surface area contributed by atoms with Gasteiger partial charge in [-0.15, -0.1) is 0 Å². The summed E-state index contributed by atoms with van der Waals surface area (Å²) in [5.41, 5.74) is 1.81. The van der Waals surface area contributed by atoms with E-state index < -0.39 is 27.9 Å². The highest BCUT2D eigenvalue weighted by Crippen LogP contribution is 2.23. The zero-order valence-electron chi connectivity index (χ0n) is 19.2. The maximum absolute atomic E-state index is 13.1. The number of sulfonamides is 1. The number of hydrogen-bond acceptors (Lipinski definition) is 5. The molecule has 1 amide bonds. The molecular weight excluding hydrogens is 459 g/mol. The van der Waals surface area contributed by atoms with Crippen LogP contribution in [0.25, 0.3) is 0 Å². The molecule has 0 saturated heterocycles. The summed E-state index contributed by atoms with van der Waals surface area (Å²) in [5, 5.41) is 2.71. The third-order valence-corrected chi connectivity index (χ3v) is 6.96. The molecule has 1 unspecified atom stereocenters. The molecule has 0 aliphatic carbocycles. The quantitative estimate of drug-likeness (QED) is 0.488. The van der Waals surface area contributed by atoms with E-state index in [-0.39, 0.29) is 10.7 Å². The molecule has 0 bridgehead atoms. The van der Waals surface area contributed by atoms with E-state index >= 15 is 0 Å². The van der Waals surface area contributed by atoms with Gasteiger partial charge in [-0.1, -0.05) is 6.07 Å². The Morgan fingerprint density at radius 2 is 1.50 bits per heavy atom. The van der Waals surface area contributed by atoms with E-state index in [1.165, 1.54) is 50.5 Å². The predicted octanol–water partition coefficient (Wildman–Crippen LogP) is 4.02. The lowest BCUT2D eigenvalue weighted by atomic mass is 10.0. The maximum Gasteiger partial charge on any atom is 0.265 e. The first-order chi connectivity index (χ1) is 16.0. The molecule has 7 nitrogen and oxygen atoms in total. The minimum absolute atomic E-state index is 0.0633. The van der Waals surface area contributed by atoms with E-state index in [4.69, 9.17) is 4.74 Å². The smallest absolute Gasteiger partial charge is 0.265 e. The largest absolute Gasteiger partial charge is 0.481 e. The van der Waals surface area contributed by atoms with Crippen molar-refractivity contribution in [1.82, 2.24) is 4.31 Å². The van der Waals surface area contributed by atoms with Crippen LogP contribution in [0.5, 0.6) is 5.75 Å². The molecule has 1 atom stereocenters. The number of carbonyl (C=O) groups excluding carboxylic acids is 2. The molecule has 0 aliphatic rings. The fourth-order valence-corrected chi connectivity index (χ4v) is 3.98. The number of rotatable bonds is 8. The van der Waals surface area contributed by atoms with Crippen molar-refractivity contribution in [2.24, 2.45) is 0 Å². The van der Waals surface area contributed by atoms with Gasteiger partial charge < -0.3 is 10.1 Å². The lowest BCUT2D eigenvalue weighted by molar-refractivity contribution is -0.122. The molecule has 1 N–H and O–H groups in total. The summed E-state index contributed by atoms with van der Waals surface area (Å²) in [6.45, 7) is 3.31. The molecule has 3 rings (SSSR count). The Balaban J connectivity index is 1.68. The van der Waals surface area contributed by atoms with Crippen LogP contribution in [0.4, 0.5) is 10.1 Å². The van der Waals surface area contributed by atoms with Crippen LogP contribution in [0.1, 0.15) is 28.4 Å². The van der Waals surface area contributed by atoms with E-state index in [0.717, 1.165) is 4.31 Å². The Morgan fingerprint density at radius 3 is 2.06 bits per heavy atom. The van der Waals surface area contributed by atoms with Gasteiger partial charge in [-0.2, -0.15) is 0 Å². The molecule has 3 aromatic carbocycles. The summed E-state index contributed by atoms with van der Waals surface area (Å²) in [7, 11) is -0.785. The standard InChI is InChI=1S/C25H25FN2O5S/c1-16-5-14-22(34(31,32)28(3)4)15-23(16)27-25(30)17(2)33-21-12-8-19(9-13-21)24(29)18-6-10-20(26)11-7-18/h5-15,17H,1-4H3,(H,27,30). The number of ketones is 1. The van der Waals surface area contributed by atoms with Crippen LogP contribution in [0, 0.1) is 12.7 Å². The van der Waals surface area contributed by atoms with Crippen molar-refractivity contribution in [3.05, 3.63) is 89.2 Å². The van der Waals surface area contributed by atoms with Crippen molar-refractivity contribution in [3.8, 4) is 5.75 Å². The lowest BCUT2D eigenvalue weighted by Gasteiger charge is -2.17. The van der Waals surface area contributed by atoms with Gasteiger partial charge in [0.15, 0.2) is 11.9 Å². The number of anilines is 1. The molecule has 178 valence electrons. The highest BCUT2D eigenvalue weighted by Gasteiger charge is 2.21. The number of aryl methyl sites for hydroxylation is 1. The predicted molar refractivity (Wildman–Crippen MR) is 127 cm³/mol. The van der Waals surface area contributed by atoms with Crippen molar-refractivity contribution in [3.63, 3.8) is 0 Å². The summed E-state index contributed by atoms with van der Waals surface area (Å²) in [6.07, 6.45) is -0.896. The Morgan fingerprint density at radius 1 is 0.941 bits per heavy atom. The van der Waals surface area contributed by atoms with Crippen LogP contribution < -0.4 is 10.1 Å². The molecule has 0 saturated carbocycles. The molecule has 0 spiro atoms. The van der Waals surface area contributed by atoms with E-state index in [0.29, 0.717) is 28.1 Å². The van der Waals surface area contributed by atoms with E-state index in [2.05, 4.69) is 5.32 Å². The molecule has 9 heteroatoms. The summed E-state index contributed by atoms with van der Waals surface area (Å²) >= 11 is 0. The van der Waals surface area contributed by atoms with Gasteiger partial charge >= 0.3 is 0 Å². The van der Waals surface area contributed by atoms with Crippen LogP contribution in [0.15, 0.2) is 71.6 Å². The van der Waals surface area contributed by atoms with Crippen molar-refractivity contribution in [2.45, 2.75) is 24.8 Å². The van der Waals surface area contributed by atoms with E-state index in [1.54, 1.807) is 44.2 Å². The first kappa shape index (κ1) is 25.1. The molecule has 3 aromatic rings. The molecule has 0 heterocycles. The minimum Gasteiger partial charge on any atom is -0.481 e. The Labute approximate surface area is 198 Å². The van der Waals surface area contributed by atoms with Gasteiger partial charge in [0.1, 0.15) is 11.6 Å². The van der Waals surface area contributed by atoms with Crippen molar-refractivity contribution < 1.29 is 27.1 Å². The average Bonchev–Trinajstić information content (AvgIpc) is 2.80. The van der Waals surface area contributed by atoms with E-state index in [1.807, 2.05) is 0 Å². The van der Waals surface area contributed by atoms with Gasteiger partial charge in [0.2, 0.25) is 10.0 Å². The second-order valence-electron chi connectivity index (χ2n) is 7.87. The fourth-order valence-electron chi connectivity index (χ4n) is 3.05. The normalized spacial score (nSPS) is 12.3. The van der Waals surface area contributed by atoms with Crippen molar-refractivity contribution in [2.75, 3.05) is 19.4 Å². The fraction of sp³-hybridized carbons (Fsp3) is 0.200. The molecular formula is C25H25FN2O5S. The number of halogens is 1. The molecule has 34 heavy (non-hydrogen) atoms. The SMILES string of the molecule is Cc1ccc(S(=O)(=O)N(C)C)cc1NC(=O)C(C)Oc1ccc(C(=O)c2ccc(F)cc2)cc1. The monoisotopic (exact) mass is 484 g/mol. The third kappa shape index (κ3) is 5.67. The maximum atomic E-state index is 13.1. The zero-order chi connectivity index (χ0) is 25.0. The third-order valence-electron chi connectivity index (χ3n) is 5.15. The number of ether oxygens (including phenoxy) is 1.